The van der Waals surface area contributed by atoms with Gasteiger partial charge < -0.3 is 15.6 Å². The first-order chi connectivity index (χ1) is 14.1. The molecule has 2 aromatic heterocycles. The number of aromatic amines is 1. The van der Waals surface area contributed by atoms with Crippen LogP contribution in [0.4, 0.5) is 17.5 Å². The maximum Gasteiger partial charge on any atom is 0.244 e. The largest absolute Gasteiger partial charge is 0.361 e. The van der Waals surface area contributed by atoms with Gasteiger partial charge in [-0.25, -0.2) is 0 Å². The van der Waals surface area contributed by atoms with Crippen molar-refractivity contribution in [2.24, 2.45) is 0 Å². The maximum atomic E-state index is 4.59. The minimum absolute atomic E-state index is 0.418. The van der Waals surface area contributed by atoms with E-state index in [0.29, 0.717) is 17.7 Å². The van der Waals surface area contributed by atoms with Crippen LogP contribution in [0.25, 0.3) is 10.9 Å². The van der Waals surface area contributed by atoms with E-state index in [1.54, 1.807) is 6.20 Å². The molecule has 4 aromatic rings. The van der Waals surface area contributed by atoms with Gasteiger partial charge in [-0.1, -0.05) is 50.2 Å². The SMILES string of the molecule is Cc1cccc(C(C)C)c1Nc1cnnc(NCCc2c[nH]c3ccccc23)n1. The van der Waals surface area contributed by atoms with Gasteiger partial charge in [-0.05, 0) is 42.0 Å². The fourth-order valence-electron chi connectivity index (χ4n) is 3.56. The van der Waals surface area contributed by atoms with Crippen molar-refractivity contribution in [1.29, 1.82) is 0 Å². The van der Waals surface area contributed by atoms with Gasteiger partial charge in [-0.2, -0.15) is 10.1 Å². The number of nitrogens with zero attached hydrogens (tertiary/aromatic N) is 3. The molecule has 0 amide bonds. The van der Waals surface area contributed by atoms with Crippen LogP contribution in [0.3, 0.4) is 0 Å². The molecule has 6 nitrogen and oxygen atoms in total. The lowest BCUT2D eigenvalue weighted by atomic mass is 9.98. The lowest BCUT2D eigenvalue weighted by molar-refractivity contribution is 0.866. The molecule has 0 fully saturated rings. The minimum atomic E-state index is 0.418. The fourth-order valence-corrected chi connectivity index (χ4v) is 3.56. The molecule has 0 spiro atoms. The monoisotopic (exact) mass is 386 g/mol. The Hall–Kier alpha value is -3.41. The number of rotatable bonds is 7. The van der Waals surface area contributed by atoms with E-state index in [4.69, 9.17) is 0 Å². The van der Waals surface area contributed by atoms with Gasteiger partial charge in [0.25, 0.3) is 0 Å². The van der Waals surface area contributed by atoms with Crippen LogP contribution < -0.4 is 10.6 Å². The minimum Gasteiger partial charge on any atom is -0.361 e. The Morgan fingerprint density at radius 2 is 1.93 bits per heavy atom. The van der Waals surface area contributed by atoms with Gasteiger partial charge in [0.1, 0.15) is 0 Å². The Labute approximate surface area is 170 Å². The zero-order chi connectivity index (χ0) is 20.2. The highest BCUT2D eigenvalue weighted by molar-refractivity contribution is 5.83. The fraction of sp³-hybridized carbons (Fsp3) is 0.261. The molecule has 0 bridgehead atoms. The van der Waals surface area contributed by atoms with Gasteiger partial charge in [-0.3, -0.25) is 0 Å². The van der Waals surface area contributed by atoms with Crippen molar-refractivity contribution in [3.8, 4) is 0 Å². The molecule has 0 aliphatic rings. The number of aryl methyl sites for hydroxylation is 1. The van der Waals surface area contributed by atoms with Gasteiger partial charge >= 0.3 is 0 Å². The predicted octanol–water partition coefficient (Wildman–Crippen LogP) is 5.18. The maximum absolute atomic E-state index is 4.59. The number of fused-ring (bicyclic) bond motifs is 1. The van der Waals surface area contributed by atoms with E-state index >= 15 is 0 Å². The summed E-state index contributed by atoms with van der Waals surface area (Å²) in [6.45, 7) is 7.21. The molecule has 0 saturated heterocycles. The van der Waals surface area contributed by atoms with E-state index in [9.17, 15) is 0 Å². The van der Waals surface area contributed by atoms with Gasteiger partial charge in [0.15, 0.2) is 5.82 Å². The second-order valence-electron chi connectivity index (χ2n) is 7.52. The normalized spacial score (nSPS) is 11.2. The summed E-state index contributed by atoms with van der Waals surface area (Å²) in [4.78, 5) is 7.90. The number of nitrogens with one attached hydrogen (secondary N) is 3. The van der Waals surface area contributed by atoms with Gasteiger partial charge in [0.2, 0.25) is 5.95 Å². The Kier molecular flexibility index (Phi) is 5.42. The van der Waals surface area contributed by atoms with Crippen LogP contribution in [-0.2, 0) is 6.42 Å². The molecule has 0 atom stereocenters. The van der Waals surface area contributed by atoms with Crippen LogP contribution in [0.5, 0.6) is 0 Å². The van der Waals surface area contributed by atoms with Crippen molar-refractivity contribution in [1.82, 2.24) is 20.2 Å². The van der Waals surface area contributed by atoms with Crippen molar-refractivity contribution in [3.05, 3.63) is 71.5 Å². The highest BCUT2D eigenvalue weighted by Crippen LogP contribution is 2.29. The average Bonchev–Trinajstić information content (AvgIpc) is 3.13. The second-order valence-corrected chi connectivity index (χ2v) is 7.52. The van der Waals surface area contributed by atoms with Gasteiger partial charge in [-0.15, -0.1) is 5.10 Å². The lowest BCUT2D eigenvalue weighted by Crippen LogP contribution is -2.10. The van der Waals surface area contributed by atoms with Crippen molar-refractivity contribution in [2.75, 3.05) is 17.2 Å². The molecular weight excluding hydrogens is 360 g/mol. The summed E-state index contributed by atoms with van der Waals surface area (Å²) < 4.78 is 0. The van der Waals surface area contributed by atoms with Crippen LogP contribution in [-0.4, -0.2) is 26.7 Å². The van der Waals surface area contributed by atoms with E-state index in [1.807, 2.05) is 6.07 Å². The third-order valence-electron chi connectivity index (χ3n) is 5.09. The van der Waals surface area contributed by atoms with Crippen molar-refractivity contribution in [2.45, 2.75) is 33.1 Å². The summed E-state index contributed by atoms with van der Waals surface area (Å²) in [5, 5.41) is 16.2. The zero-order valence-corrected chi connectivity index (χ0v) is 17.0. The van der Waals surface area contributed by atoms with E-state index in [2.05, 4.69) is 94.2 Å². The Bertz CT molecular complexity index is 1120. The first kappa shape index (κ1) is 18.9. The summed E-state index contributed by atoms with van der Waals surface area (Å²) in [5.41, 5.74) is 5.97. The smallest absolute Gasteiger partial charge is 0.244 e. The Morgan fingerprint density at radius 1 is 1.07 bits per heavy atom. The summed E-state index contributed by atoms with van der Waals surface area (Å²) >= 11 is 0. The molecule has 29 heavy (non-hydrogen) atoms. The Morgan fingerprint density at radius 3 is 2.79 bits per heavy atom. The standard InChI is InChI=1S/C23H26N6/c1-15(2)18-9-6-7-16(3)22(18)27-21-14-26-29-23(28-21)24-12-11-17-13-25-20-10-5-4-8-19(17)20/h4-10,13-15,25H,11-12H2,1-3H3,(H2,24,27,28,29). The summed E-state index contributed by atoms with van der Waals surface area (Å²) in [7, 11) is 0. The molecule has 2 aromatic carbocycles. The van der Waals surface area contributed by atoms with Crippen LogP contribution >= 0.6 is 0 Å². The molecule has 6 heteroatoms. The number of H-pyrrole nitrogens is 1. The third kappa shape index (κ3) is 4.21. The van der Waals surface area contributed by atoms with E-state index in [-0.39, 0.29) is 0 Å². The summed E-state index contributed by atoms with van der Waals surface area (Å²) in [6, 6.07) is 14.7. The number of hydrogen-bond donors (Lipinski definition) is 3. The number of aromatic nitrogens is 4. The number of hydrogen-bond acceptors (Lipinski definition) is 5. The zero-order valence-electron chi connectivity index (χ0n) is 17.0. The van der Waals surface area contributed by atoms with Crippen LogP contribution in [0, 0.1) is 6.92 Å². The quantitative estimate of drug-likeness (QED) is 0.408. The number of para-hydroxylation sites is 2. The molecule has 0 aliphatic heterocycles. The average molecular weight is 387 g/mol. The van der Waals surface area contributed by atoms with Crippen LogP contribution in [0.15, 0.2) is 54.9 Å². The Balaban J connectivity index is 1.44. The highest BCUT2D eigenvalue weighted by Gasteiger charge is 2.11. The van der Waals surface area contributed by atoms with E-state index in [1.165, 1.54) is 22.1 Å². The first-order valence-corrected chi connectivity index (χ1v) is 9.97. The first-order valence-electron chi connectivity index (χ1n) is 9.97. The van der Waals surface area contributed by atoms with E-state index < -0.39 is 0 Å². The van der Waals surface area contributed by atoms with E-state index in [0.717, 1.165) is 24.2 Å². The molecule has 0 saturated carbocycles. The summed E-state index contributed by atoms with van der Waals surface area (Å²) in [5.74, 6) is 1.63. The van der Waals surface area contributed by atoms with Crippen molar-refractivity contribution >= 4 is 28.4 Å². The summed E-state index contributed by atoms with van der Waals surface area (Å²) in [6.07, 6.45) is 4.59. The van der Waals surface area contributed by atoms with Gasteiger partial charge in [0.05, 0.1) is 6.20 Å². The molecule has 148 valence electrons. The molecule has 4 rings (SSSR count). The lowest BCUT2D eigenvalue weighted by Gasteiger charge is -2.16. The van der Waals surface area contributed by atoms with Gasteiger partial charge in [0, 0.05) is 29.3 Å². The predicted molar refractivity (Wildman–Crippen MR) is 119 cm³/mol. The molecule has 0 aliphatic carbocycles. The number of benzene rings is 2. The second kappa shape index (κ2) is 8.31. The van der Waals surface area contributed by atoms with Crippen LogP contribution in [0.1, 0.15) is 36.5 Å². The topological polar surface area (TPSA) is 78.5 Å². The highest BCUT2D eigenvalue weighted by atomic mass is 15.3. The van der Waals surface area contributed by atoms with Crippen molar-refractivity contribution in [3.63, 3.8) is 0 Å². The molecular formula is C23H26N6. The molecule has 0 unspecified atom stereocenters. The van der Waals surface area contributed by atoms with Crippen molar-refractivity contribution < 1.29 is 0 Å². The molecule has 0 radical (unpaired) electrons. The van der Waals surface area contributed by atoms with Crippen LogP contribution in [0.2, 0.25) is 0 Å². The number of anilines is 3. The molecule has 2 heterocycles. The molecule has 3 N–H and O–H groups in total. The third-order valence-corrected chi connectivity index (χ3v) is 5.09.